The second kappa shape index (κ2) is 5.53. The zero-order chi connectivity index (χ0) is 14.8. The van der Waals surface area contributed by atoms with Crippen molar-refractivity contribution >= 4 is 11.9 Å². The monoisotopic (exact) mass is 277 g/mol. The molecule has 1 aromatic rings. The number of carbonyl (C=O) groups excluding carboxylic acids is 1. The van der Waals surface area contributed by atoms with Gasteiger partial charge in [-0.25, -0.2) is 4.79 Å². The van der Waals surface area contributed by atoms with Gasteiger partial charge in [-0.2, -0.15) is 0 Å². The first-order chi connectivity index (χ1) is 9.43. The van der Waals surface area contributed by atoms with Crippen LogP contribution in [-0.2, 0) is 16.0 Å². The summed E-state index contributed by atoms with van der Waals surface area (Å²) in [5.41, 5.74) is -0.335. The molecular formula is C15H19NO4. The highest BCUT2D eigenvalue weighted by atomic mass is 16.4. The van der Waals surface area contributed by atoms with Crippen molar-refractivity contribution in [3.05, 3.63) is 29.8 Å². The van der Waals surface area contributed by atoms with Crippen molar-refractivity contribution in [2.45, 2.75) is 38.1 Å². The third kappa shape index (κ3) is 2.76. The average Bonchev–Trinajstić information content (AvgIpc) is 2.41. The van der Waals surface area contributed by atoms with Crippen LogP contribution in [0.25, 0.3) is 0 Å². The van der Waals surface area contributed by atoms with E-state index in [4.69, 9.17) is 0 Å². The number of likely N-dealkylation sites (tertiary alicyclic amines) is 1. The Labute approximate surface area is 117 Å². The first kappa shape index (κ1) is 14.4. The van der Waals surface area contributed by atoms with E-state index in [1.165, 1.54) is 17.0 Å². The van der Waals surface area contributed by atoms with Gasteiger partial charge >= 0.3 is 5.97 Å². The molecule has 0 aromatic heterocycles. The molecule has 0 bridgehead atoms. The third-order valence-electron chi connectivity index (χ3n) is 3.94. The van der Waals surface area contributed by atoms with Gasteiger partial charge in [0.05, 0.1) is 6.42 Å². The van der Waals surface area contributed by atoms with Gasteiger partial charge in [0.25, 0.3) is 0 Å². The minimum absolute atomic E-state index is 0.148. The van der Waals surface area contributed by atoms with Crippen LogP contribution in [0.4, 0.5) is 0 Å². The second-order valence-corrected chi connectivity index (χ2v) is 5.42. The van der Waals surface area contributed by atoms with Crippen molar-refractivity contribution in [3.63, 3.8) is 0 Å². The molecule has 0 aliphatic carbocycles. The van der Waals surface area contributed by atoms with E-state index in [0.717, 1.165) is 18.4 Å². The number of nitrogens with zero attached hydrogens (tertiary/aromatic N) is 1. The van der Waals surface area contributed by atoms with Gasteiger partial charge in [0.1, 0.15) is 11.3 Å². The van der Waals surface area contributed by atoms with Crippen molar-refractivity contribution in [3.8, 4) is 5.75 Å². The summed E-state index contributed by atoms with van der Waals surface area (Å²) in [5.74, 6) is -0.980. The lowest BCUT2D eigenvalue weighted by molar-refractivity contribution is -0.160. The topological polar surface area (TPSA) is 77.8 Å². The summed E-state index contributed by atoms with van der Waals surface area (Å²) in [4.78, 5) is 25.3. The van der Waals surface area contributed by atoms with Crippen LogP contribution in [-0.4, -0.2) is 39.1 Å². The molecule has 1 atom stereocenters. The van der Waals surface area contributed by atoms with Gasteiger partial charge in [0.2, 0.25) is 5.91 Å². The lowest BCUT2D eigenvalue weighted by Crippen LogP contribution is -2.57. The highest BCUT2D eigenvalue weighted by molar-refractivity contribution is 5.88. The maximum atomic E-state index is 12.4. The molecule has 5 heteroatoms. The first-order valence-electron chi connectivity index (χ1n) is 6.75. The van der Waals surface area contributed by atoms with Crippen molar-refractivity contribution in [2.75, 3.05) is 6.54 Å². The molecule has 5 nitrogen and oxygen atoms in total. The third-order valence-corrected chi connectivity index (χ3v) is 3.94. The van der Waals surface area contributed by atoms with Gasteiger partial charge in [-0.15, -0.1) is 0 Å². The largest absolute Gasteiger partial charge is 0.508 e. The van der Waals surface area contributed by atoms with Crippen LogP contribution in [0, 0.1) is 0 Å². The molecule has 1 heterocycles. The standard InChI is InChI=1S/C15H19NO4/c1-15(14(19)20)8-2-3-9-16(15)13(18)10-11-4-6-12(17)7-5-11/h4-7,17H,2-3,8-10H2,1H3,(H,19,20). The lowest BCUT2D eigenvalue weighted by atomic mass is 9.88. The molecule has 1 fully saturated rings. The average molecular weight is 277 g/mol. The second-order valence-electron chi connectivity index (χ2n) is 5.42. The molecule has 1 aromatic carbocycles. The molecule has 2 rings (SSSR count). The van der Waals surface area contributed by atoms with E-state index in [1.807, 2.05) is 0 Å². The van der Waals surface area contributed by atoms with Gasteiger partial charge in [-0.3, -0.25) is 4.79 Å². The molecule has 108 valence electrons. The van der Waals surface area contributed by atoms with Crippen LogP contribution in [0.5, 0.6) is 5.75 Å². The van der Waals surface area contributed by atoms with E-state index >= 15 is 0 Å². The molecule has 0 spiro atoms. The smallest absolute Gasteiger partial charge is 0.329 e. The van der Waals surface area contributed by atoms with Crippen LogP contribution in [0.2, 0.25) is 0 Å². The molecule has 1 amide bonds. The number of aliphatic carboxylic acids is 1. The number of carboxylic acids is 1. The van der Waals surface area contributed by atoms with Crippen molar-refractivity contribution in [2.24, 2.45) is 0 Å². The highest BCUT2D eigenvalue weighted by Gasteiger charge is 2.43. The summed E-state index contributed by atoms with van der Waals surface area (Å²) >= 11 is 0. The zero-order valence-corrected chi connectivity index (χ0v) is 11.5. The molecule has 20 heavy (non-hydrogen) atoms. The van der Waals surface area contributed by atoms with Gasteiger partial charge in [-0.05, 0) is 43.9 Å². The number of benzene rings is 1. The van der Waals surface area contributed by atoms with E-state index in [2.05, 4.69) is 0 Å². The van der Waals surface area contributed by atoms with Crippen LogP contribution < -0.4 is 0 Å². The van der Waals surface area contributed by atoms with Gasteiger partial charge in [0.15, 0.2) is 0 Å². The van der Waals surface area contributed by atoms with Crippen molar-refractivity contribution < 1.29 is 19.8 Å². The fourth-order valence-corrected chi connectivity index (χ4v) is 2.63. The van der Waals surface area contributed by atoms with Crippen LogP contribution >= 0.6 is 0 Å². The van der Waals surface area contributed by atoms with Gasteiger partial charge < -0.3 is 15.1 Å². The summed E-state index contributed by atoms with van der Waals surface area (Å²) in [6.45, 7) is 2.10. The molecule has 2 N–H and O–H groups in total. The molecule has 1 aliphatic heterocycles. The Kier molecular flexibility index (Phi) is 3.97. The van der Waals surface area contributed by atoms with E-state index < -0.39 is 11.5 Å². The number of amides is 1. The fourth-order valence-electron chi connectivity index (χ4n) is 2.63. The Bertz CT molecular complexity index is 511. The Balaban J connectivity index is 2.14. The number of carboxylic acid groups (broad SMARTS) is 1. The predicted octanol–water partition coefficient (Wildman–Crippen LogP) is 1.79. The van der Waals surface area contributed by atoms with Gasteiger partial charge in [0, 0.05) is 6.54 Å². The normalized spacial score (nSPS) is 22.6. The van der Waals surface area contributed by atoms with Crippen LogP contribution in [0.15, 0.2) is 24.3 Å². The zero-order valence-electron chi connectivity index (χ0n) is 11.5. The number of phenolic OH excluding ortho intramolecular Hbond substituents is 1. The van der Waals surface area contributed by atoms with E-state index in [1.54, 1.807) is 19.1 Å². The number of hydrogen-bond acceptors (Lipinski definition) is 3. The van der Waals surface area contributed by atoms with Crippen LogP contribution in [0.3, 0.4) is 0 Å². The molecule has 0 saturated carbocycles. The highest BCUT2D eigenvalue weighted by Crippen LogP contribution is 2.29. The Morgan fingerprint density at radius 1 is 1.25 bits per heavy atom. The number of hydrogen-bond donors (Lipinski definition) is 2. The quantitative estimate of drug-likeness (QED) is 0.883. The Morgan fingerprint density at radius 2 is 1.90 bits per heavy atom. The number of phenols is 1. The van der Waals surface area contributed by atoms with Crippen molar-refractivity contribution in [1.82, 2.24) is 4.90 Å². The summed E-state index contributed by atoms with van der Waals surface area (Å²) in [5, 5.41) is 18.6. The number of carbonyl (C=O) groups is 2. The van der Waals surface area contributed by atoms with E-state index in [0.29, 0.717) is 13.0 Å². The predicted molar refractivity (Wildman–Crippen MR) is 73.4 cm³/mol. The van der Waals surface area contributed by atoms with Crippen LogP contribution in [0.1, 0.15) is 31.7 Å². The first-order valence-corrected chi connectivity index (χ1v) is 6.75. The minimum atomic E-state index is -1.10. The fraction of sp³-hybridized carbons (Fsp3) is 0.467. The maximum Gasteiger partial charge on any atom is 0.329 e. The maximum absolute atomic E-state index is 12.4. The van der Waals surface area contributed by atoms with E-state index in [-0.39, 0.29) is 18.1 Å². The lowest BCUT2D eigenvalue weighted by Gasteiger charge is -2.41. The number of aromatic hydroxyl groups is 1. The van der Waals surface area contributed by atoms with Crippen molar-refractivity contribution in [1.29, 1.82) is 0 Å². The minimum Gasteiger partial charge on any atom is -0.508 e. The molecule has 1 saturated heterocycles. The Hall–Kier alpha value is -2.04. The van der Waals surface area contributed by atoms with Gasteiger partial charge in [-0.1, -0.05) is 12.1 Å². The summed E-state index contributed by atoms with van der Waals surface area (Å²) in [7, 11) is 0. The summed E-state index contributed by atoms with van der Waals surface area (Å²) < 4.78 is 0. The number of rotatable bonds is 3. The SMILES string of the molecule is CC1(C(=O)O)CCCCN1C(=O)Cc1ccc(O)cc1. The summed E-state index contributed by atoms with van der Waals surface area (Å²) in [6, 6.07) is 6.40. The summed E-state index contributed by atoms with van der Waals surface area (Å²) in [6.07, 6.45) is 2.31. The molecular weight excluding hydrogens is 258 g/mol. The molecule has 1 unspecified atom stereocenters. The molecule has 0 radical (unpaired) electrons. The molecule has 1 aliphatic rings. The Morgan fingerprint density at radius 3 is 2.50 bits per heavy atom. The van der Waals surface area contributed by atoms with E-state index in [9.17, 15) is 19.8 Å². The number of piperidine rings is 1.